The molecular formula is C16H30N2OS. The van der Waals surface area contributed by atoms with Crippen LogP contribution in [0, 0.1) is 11.8 Å². The van der Waals surface area contributed by atoms with Gasteiger partial charge in [0.1, 0.15) is 0 Å². The highest BCUT2D eigenvalue weighted by molar-refractivity contribution is 7.99. The van der Waals surface area contributed by atoms with E-state index in [0.717, 1.165) is 18.4 Å². The summed E-state index contributed by atoms with van der Waals surface area (Å²) in [5.74, 6) is 9.96. The first kappa shape index (κ1) is 15.1. The van der Waals surface area contributed by atoms with Gasteiger partial charge in [-0.1, -0.05) is 25.7 Å². The third kappa shape index (κ3) is 3.34. The number of hydrazine groups is 1. The third-order valence-electron chi connectivity index (χ3n) is 5.71. The zero-order valence-corrected chi connectivity index (χ0v) is 13.4. The van der Waals surface area contributed by atoms with E-state index in [1.54, 1.807) is 0 Å². The fourth-order valence-corrected chi connectivity index (χ4v) is 5.94. The zero-order chi connectivity index (χ0) is 13.8. The normalized spacial score (nSPS) is 38.0. The number of rotatable bonds is 3. The Balaban J connectivity index is 1.65. The van der Waals surface area contributed by atoms with Crippen molar-refractivity contribution in [2.45, 2.75) is 69.4 Å². The molecule has 2 saturated heterocycles. The summed E-state index contributed by atoms with van der Waals surface area (Å²) in [7, 11) is 0. The Bertz CT molecular complexity index is 299. The topological polar surface area (TPSA) is 47.3 Å². The molecule has 1 saturated carbocycles. The van der Waals surface area contributed by atoms with Gasteiger partial charge in [0.15, 0.2) is 0 Å². The van der Waals surface area contributed by atoms with Crippen LogP contribution in [0.2, 0.25) is 0 Å². The highest BCUT2D eigenvalue weighted by Gasteiger charge is 2.43. The maximum absolute atomic E-state index is 6.17. The minimum Gasteiger partial charge on any atom is -0.374 e. The van der Waals surface area contributed by atoms with Crippen molar-refractivity contribution < 1.29 is 4.74 Å². The van der Waals surface area contributed by atoms with E-state index in [0.29, 0.717) is 6.04 Å². The van der Waals surface area contributed by atoms with Crippen LogP contribution in [0.4, 0.5) is 0 Å². The van der Waals surface area contributed by atoms with Crippen molar-refractivity contribution in [3.63, 3.8) is 0 Å². The van der Waals surface area contributed by atoms with Gasteiger partial charge < -0.3 is 4.74 Å². The third-order valence-corrected chi connectivity index (χ3v) is 6.93. The van der Waals surface area contributed by atoms with Gasteiger partial charge in [0.05, 0.1) is 5.60 Å². The minimum atomic E-state index is 0.188. The number of thioether (sulfide) groups is 1. The van der Waals surface area contributed by atoms with Crippen LogP contribution in [-0.2, 0) is 4.74 Å². The first-order valence-electron chi connectivity index (χ1n) is 8.51. The van der Waals surface area contributed by atoms with Crippen molar-refractivity contribution in [1.82, 2.24) is 5.43 Å². The van der Waals surface area contributed by atoms with Gasteiger partial charge in [0, 0.05) is 18.4 Å². The Morgan fingerprint density at radius 2 is 1.90 bits per heavy atom. The molecule has 116 valence electrons. The highest BCUT2D eigenvalue weighted by atomic mass is 32.2. The van der Waals surface area contributed by atoms with E-state index in [-0.39, 0.29) is 5.60 Å². The molecule has 0 radical (unpaired) electrons. The molecule has 0 aromatic carbocycles. The minimum absolute atomic E-state index is 0.188. The molecule has 3 aliphatic rings. The van der Waals surface area contributed by atoms with Gasteiger partial charge in [0.25, 0.3) is 0 Å². The molecule has 2 heterocycles. The number of hydrogen-bond acceptors (Lipinski definition) is 4. The van der Waals surface area contributed by atoms with Crippen molar-refractivity contribution in [1.29, 1.82) is 0 Å². The smallest absolute Gasteiger partial charge is 0.0783 e. The molecule has 3 rings (SSSR count). The van der Waals surface area contributed by atoms with Gasteiger partial charge in [0.2, 0.25) is 0 Å². The molecule has 3 unspecified atom stereocenters. The summed E-state index contributed by atoms with van der Waals surface area (Å²) < 4.78 is 6.17. The number of ether oxygens (including phenoxy) is 1. The highest BCUT2D eigenvalue weighted by Crippen LogP contribution is 2.43. The molecule has 20 heavy (non-hydrogen) atoms. The molecule has 0 bridgehead atoms. The lowest BCUT2D eigenvalue weighted by Gasteiger charge is -2.43. The van der Waals surface area contributed by atoms with Crippen LogP contribution in [0.5, 0.6) is 0 Å². The van der Waals surface area contributed by atoms with Crippen LogP contribution in [-0.4, -0.2) is 29.8 Å². The SMILES string of the molecule is NNC(C1CCCCCC1)C1CCOC2(CCSC2)C1. The Labute approximate surface area is 127 Å². The fourth-order valence-electron chi connectivity index (χ4n) is 4.56. The lowest BCUT2D eigenvalue weighted by Crippen LogP contribution is -2.51. The van der Waals surface area contributed by atoms with Gasteiger partial charge in [-0.25, -0.2) is 0 Å². The van der Waals surface area contributed by atoms with Gasteiger partial charge in [-0.3, -0.25) is 11.3 Å². The van der Waals surface area contributed by atoms with E-state index >= 15 is 0 Å². The van der Waals surface area contributed by atoms with Gasteiger partial charge in [-0.2, -0.15) is 11.8 Å². The first-order chi connectivity index (χ1) is 9.83. The van der Waals surface area contributed by atoms with Crippen LogP contribution in [0.1, 0.15) is 57.8 Å². The van der Waals surface area contributed by atoms with Gasteiger partial charge >= 0.3 is 0 Å². The Kier molecular flexibility index (Phi) is 5.29. The second-order valence-electron chi connectivity index (χ2n) is 7.03. The molecular weight excluding hydrogens is 268 g/mol. The van der Waals surface area contributed by atoms with E-state index < -0.39 is 0 Å². The second-order valence-corrected chi connectivity index (χ2v) is 8.14. The number of hydrogen-bond donors (Lipinski definition) is 2. The van der Waals surface area contributed by atoms with Crippen molar-refractivity contribution in [2.75, 3.05) is 18.1 Å². The molecule has 3 nitrogen and oxygen atoms in total. The summed E-state index contributed by atoms with van der Waals surface area (Å²) in [6.07, 6.45) is 12.0. The second kappa shape index (κ2) is 6.99. The average Bonchev–Trinajstić information content (AvgIpc) is 2.75. The van der Waals surface area contributed by atoms with Crippen molar-refractivity contribution in [3.05, 3.63) is 0 Å². The maximum Gasteiger partial charge on any atom is 0.0783 e. The predicted molar refractivity (Wildman–Crippen MR) is 85.7 cm³/mol. The summed E-state index contributed by atoms with van der Waals surface area (Å²) in [4.78, 5) is 0. The molecule has 0 aromatic rings. The van der Waals surface area contributed by atoms with Crippen molar-refractivity contribution in [3.8, 4) is 0 Å². The van der Waals surface area contributed by atoms with E-state index in [1.165, 1.54) is 69.3 Å². The summed E-state index contributed by atoms with van der Waals surface area (Å²) in [6, 6.07) is 0.513. The van der Waals surface area contributed by atoms with Crippen molar-refractivity contribution >= 4 is 11.8 Å². The van der Waals surface area contributed by atoms with Crippen LogP contribution in [0.25, 0.3) is 0 Å². The number of nitrogens with one attached hydrogen (secondary N) is 1. The van der Waals surface area contributed by atoms with Crippen LogP contribution < -0.4 is 11.3 Å². The summed E-state index contributed by atoms with van der Waals surface area (Å²) in [6.45, 7) is 0.941. The quantitative estimate of drug-likeness (QED) is 0.477. The van der Waals surface area contributed by atoms with Gasteiger partial charge in [-0.15, -0.1) is 0 Å². The fraction of sp³-hybridized carbons (Fsp3) is 1.00. The summed E-state index contributed by atoms with van der Waals surface area (Å²) in [5.41, 5.74) is 3.40. The van der Waals surface area contributed by atoms with Crippen molar-refractivity contribution in [2.24, 2.45) is 17.7 Å². The molecule has 0 amide bonds. The molecule has 1 spiro atoms. The van der Waals surface area contributed by atoms with Crippen LogP contribution >= 0.6 is 11.8 Å². The maximum atomic E-state index is 6.17. The number of nitrogens with two attached hydrogens (primary N) is 1. The predicted octanol–water partition coefficient (Wildman–Crippen LogP) is 3.09. The average molecular weight is 298 g/mol. The standard InChI is InChI=1S/C16H30N2OS/c17-18-15(13-5-3-1-2-4-6-13)14-7-9-19-16(11-14)8-10-20-12-16/h13-15,18H,1-12,17H2. The summed E-state index contributed by atoms with van der Waals surface area (Å²) >= 11 is 2.06. The Morgan fingerprint density at radius 3 is 2.55 bits per heavy atom. The molecule has 4 heteroatoms. The molecule has 3 N–H and O–H groups in total. The summed E-state index contributed by atoms with van der Waals surface area (Å²) in [5, 5.41) is 0. The van der Waals surface area contributed by atoms with E-state index in [4.69, 9.17) is 10.6 Å². The molecule has 1 aliphatic carbocycles. The van der Waals surface area contributed by atoms with E-state index in [9.17, 15) is 0 Å². The largest absolute Gasteiger partial charge is 0.374 e. The Hall–Kier alpha value is 0.230. The van der Waals surface area contributed by atoms with Crippen LogP contribution in [0.3, 0.4) is 0 Å². The van der Waals surface area contributed by atoms with Gasteiger partial charge in [-0.05, 0) is 49.7 Å². The molecule has 2 aliphatic heterocycles. The molecule has 0 aromatic heterocycles. The lowest BCUT2D eigenvalue weighted by molar-refractivity contribution is -0.0888. The molecule has 3 fully saturated rings. The zero-order valence-electron chi connectivity index (χ0n) is 12.6. The monoisotopic (exact) mass is 298 g/mol. The van der Waals surface area contributed by atoms with E-state index in [2.05, 4.69) is 17.2 Å². The first-order valence-corrected chi connectivity index (χ1v) is 9.66. The van der Waals surface area contributed by atoms with Crippen LogP contribution in [0.15, 0.2) is 0 Å². The lowest BCUT2D eigenvalue weighted by atomic mass is 9.75. The van der Waals surface area contributed by atoms with E-state index in [1.807, 2.05) is 0 Å². The molecule has 3 atom stereocenters. The Morgan fingerprint density at radius 1 is 1.10 bits per heavy atom.